The largest absolute Gasteiger partial charge is 0.494 e. The summed E-state index contributed by atoms with van der Waals surface area (Å²) in [6, 6.07) is 15.7. The third kappa shape index (κ3) is 6.60. The van der Waals surface area contributed by atoms with E-state index in [1.807, 2.05) is 0 Å². The van der Waals surface area contributed by atoms with E-state index in [1.54, 1.807) is 0 Å². The van der Waals surface area contributed by atoms with Gasteiger partial charge in [-0.05, 0) is 62.3 Å². The second-order valence-corrected chi connectivity index (χ2v) is 16.6. The Morgan fingerprint density at radius 1 is 0.818 bits per heavy atom. The molecule has 1 aliphatic rings. The average Bonchev–Trinajstić information content (AvgIpc) is 2.97. The molecule has 3 nitrogen and oxygen atoms in total. The molecule has 1 aliphatic heterocycles. The Labute approximate surface area is 203 Å². The highest BCUT2D eigenvalue weighted by molar-refractivity contribution is 6.88. The molecule has 0 saturated carbocycles. The van der Waals surface area contributed by atoms with Gasteiger partial charge in [-0.3, -0.25) is 0 Å². The van der Waals surface area contributed by atoms with Crippen LogP contribution >= 0.6 is 0 Å². The van der Waals surface area contributed by atoms with Crippen LogP contribution in [0.1, 0.15) is 65.9 Å². The van der Waals surface area contributed by atoms with Gasteiger partial charge in [0.25, 0.3) is 0 Å². The minimum atomic E-state index is -1.45. The summed E-state index contributed by atoms with van der Waals surface area (Å²) in [7, 11) is -1.78. The summed E-state index contributed by atoms with van der Waals surface area (Å²) in [6.07, 6.45) is 4.95. The van der Waals surface area contributed by atoms with Crippen LogP contribution in [0.5, 0.6) is 0 Å². The molecule has 0 aromatic heterocycles. The van der Waals surface area contributed by atoms with Gasteiger partial charge in [0, 0.05) is 6.61 Å². The van der Waals surface area contributed by atoms with Crippen LogP contribution in [-0.4, -0.2) is 33.0 Å². The summed E-state index contributed by atoms with van der Waals surface area (Å²) < 4.78 is 18.5. The minimum absolute atomic E-state index is 0.325. The summed E-state index contributed by atoms with van der Waals surface area (Å²) in [5.74, 6) is 0. The number of hydrogen-bond acceptors (Lipinski definition) is 3. The van der Waals surface area contributed by atoms with Gasteiger partial charge in [-0.1, -0.05) is 87.4 Å². The molecule has 0 radical (unpaired) electrons. The van der Waals surface area contributed by atoms with E-state index >= 15 is 0 Å². The number of unbranched alkanes of at least 4 members (excludes halogenated alkanes) is 3. The molecule has 2 aromatic rings. The maximum absolute atomic E-state index is 6.22. The van der Waals surface area contributed by atoms with Crippen molar-refractivity contribution < 1.29 is 14.0 Å². The van der Waals surface area contributed by atoms with Crippen molar-refractivity contribution in [1.29, 1.82) is 0 Å². The normalized spacial score (nSPS) is 17.5. The Morgan fingerprint density at radius 3 is 2.03 bits per heavy atom. The van der Waals surface area contributed by atoms with Crippen LogP contribution < -0.4 is 10.6 Å². The lowest BCUT2D eigenvalue weighted by Crippen LogP contribution is -2.41. The number of rotatable bonds is 10. The highest BCUT2D eigenvalue weighted by Gasteiger charge is 2.51. The van der Waals surface area contributed by atoms with Gasteiger partial charge < -0.3 is 14.0 Å². The first-order valence-corrected chi connectivity index (χ1v) is 16.1. The zero-order valence-corrected chi connectivity index (χ0v) is 23.1. The topological polar surface area (TPSA) is 27.7 Å². The average molecular weight is 467 g/mol. The van der Waals surface area contributed by atoms with Crippen molar-refractivity contribution in [2.24, 2.45) is 0 Å². The molecule has 3 rings (SSSR count). The molecule has 0 bridgehead atoms. The van der Waals surface area contributed by atoms with Gasteiger partial charge in [0.05, 0.1) is 25.9 Å². The maximum Gasteiger partial charge on any atom is 0.494 e. The number of hydrogen-bond donors (Lipinski definition) is 0. The third-order valence-corrected chi connectivity index (χ3v) is 9.06. The number of benzene rings is 2. The number of ether oxygens (including phenoxy) is 1. The van der Waals surface area contributed by atoms with E-state index in [4.69, 9.17) is 14.0 Å². The van der Waals surface area contributed by atoms with Gasteiger partial charge in [0.2, 0.25) is 0 Å². The lowest BCUT2D eigenvalue weighted by Gasteiger charge is -2.32. The van der Waals surface area contributed by atoms with E-state index in [0.29, 0.717) is 6.61 Å². The van der Waals surface area contributed by atoms with Crippen molar-refractivity contribution in [3.8, 4) is 11.1 Å². The van der Waals surface area contributed by atoms with Gasteiger partial charge in [-0.2, -0.15) is 0 Å². The van der Waals surface area contributed by atoms with Crippen molar-refractivity contribution in [2.45, 2.75) is 97.8 Å². The van der Waals surface area contributed by atoms with Gasteiger partial charge >= 0.3 is 7.12 Å². The van der Waals surface area contributed by atoms with Crippen LogP contribution in [0.4, 0.5) is 0 Å². The maximum atomic E-state index is 6.22. The van der Waals surface area contributed by atoms with Gasteiger partial charge in [-0.25, -0.2) is 0 Å². The zero-order valence-electron chi connectivity index (χ0n) is 22.1. The summed E-state index contributed by atoms with van der Waals surface area (Å²) in [4.78, 5) is 0. The molecule has 0 unspecified atom stereocenters. The Bertz CT molecular complexity index is 900. The second kappa shape index (κ2) is 10.5. The predicted molar refractivity (Wildman–Crippen MR) is 144 cm³/mol. The molecule has 0 spiro atoms. The standard InChI is InChI=1S/C28H43BO3Si/c1-9-10-11-12-17-30-21-22-18-24(20-26(19-22)33(6,7)8)23-13-15-25(16-14-23)29-31-27(2,3)28(4,5)32-29/h13-16,18-20H,9-12,17,21H2,1-8H3. The van der Waals surface area contributed by atoms with E-state index in [1.165, 1.54) is 41.1 Å². The Hall–Kier alpha value is -1.40. The SMILES string of the molecule is CCCCCCOCc1cc(-c2ccc(B3OC(C)(C)C(C)(C)O3)cc2)cc([Si](C)(C)C)c1. The van der Waals surface area contributed by atoms with E-state index in [9.17, 15) is 0 Å². The fraction of sp³-hybridized carbons (Fsp3) is 0.571. The fourth-order valence-corrected chi connectivity index (χ4v) is 5.21. The van der Waals surface area contributed by atoms with Gasteiger partial charge in [0.15, 0.2) is 0 Å². The molecule has 5 heteroatoms. The highest BCUT2D eigenvalue weighted by atomic mass is 28.3. The molecule has 0 amide bonds. The lowest BCUT2D eigenvalue weighted by atomic mass is 9.78. The molecular formula is C28H43BO3Si. The molecule has 0 N–H and O–H groups in total. The van der Waals surface area contributed by atoms with E-state index in [0.717, 1.165) is 18.5 Å². The van der Waals surface area contributed by atoms with E-state index < -0.39 is 8.07 Å². The Kier molecular flexibility index (Phi) is 8.32. The smallest absolute Gasteiger partial charge is 0.399 e. The molecule has 0 aliphatic carbocycles. The first-order chi connectivity index (χ1) is 15.4. The van der Waals surface area contributed by atoms with Gasteiger partial charge in [-0.15, -0.1) is 0 Å². The van der Waals surface area contributed by atoms with Crippen molar-refractivity contribution in [3.05, 3.63) is 48.0 Å². The summed E-state index contributed by atoms with van der Waals surface area (Å²) in [6.45, 7) is 19.4. The first-order valence-electron chi connectivity index (χ1n) is 12.6. The molecule has 1 fully saturated rings. The van der Waals surface area contributed by atoms with E-state index in [2.05, 4.69) is 96.7 Å². The van der Waals surface area contributed by atoms with Crippen molar-refractivity contribution in [3.63, 3.8) is 0 Å². The summed E-state index contributed by atoms with van der Waals surface area (Å²) in [5.41, 5.74) is 4.17. The summed E-state index contributed by atoms with van der Waals surface area (Å²) >= 11 is 0. The van der Waals surface area contributed by atoms with Crippen LogP contribution in [0.2, 0.25) is 19.6 Å². The van der Waals surface area contributed by atoms with Crippen LogP contribution in [-0.2, 0) is 20.7 Å². The third-order valence-electron chi connectivity index (χ3n) is 7.04. The molecule has 0 atom stereocenters. The van der Waals surface area contributed by atoms with Crippen molar-refractivity contribution in [1.82, 2.24) is 0 Å². The molecule has 1 saturated heterocycles. The molecule has 33 heavy (non-hydrogen) atoms. The van der Waals surface area contributed by atoms with Crippen LogP contribution in [0.3, 0.4) is 0 Å². The zero-order chi connectivity index (χ0) is 24.3. The molecular weight excluding hydrogens is 423 g/mol. The van der Waals surface area contributed by atoms with E-state index in [-0.39, 0.29) is 18.3 Å². The van der Waals surface area contributed by atoms with Gasteiger partial charge in [0.1, 0.15) is 0 Å². The lowest BCUT2D eigenvalue weighted by molar-refractivity contribution is 0.00578. The van der Waals surface area contributed by atoms with Crippen molar-refractivity contribution in [2.75, 3.05) is 6.61 Å². The molecule has 180 valence electrons. The minimum Gasteiger partial charge on any atom is -0.399 e. The quantitative estimate of drug-likeness (QED) is 0.304. The highest BCUT2D eigenvalue weighted by Crippen LogP contribution is 2.36. The first kappa shape index (κ1) is 26.2. The fourth-order valence-electron chi connectivity index (χ4n) is 4.01. The Morgan fingerprint density at radius 2 is 1.45 bits per heavy atom. The van der Waals surface area contributed by atoms with Crippen molar-refractivity contribution >= 4 is 25.8 Å². The van der Waals surface area contributed by atoms with Crippen LogP contribution in [0.25, 0.3) is 11.1 Å². The molecule has 1 heterocycles. The second-order valence-electron chi connectivity index (χ2n) is 11.5. The molecule has 2 aromatic carbocycles. The van der Waals surface area contributed by atoms with Crippen LogP contribution in [0.15, 0.2) is 42.5 Å². The predicted octanol–water partition coefficient (Wildman–Crippen LogP) is 6.29. The Balaban J connectivity index is 1.77. The summed E-state index contributed by atoms with van der Waals surface area (Å²) in [5, 5.41) is 1.47. The van der Waals surface area contributed by atoms with Crippen LogP contribution in [0, 0.1) is 0 Å². The monoisotopic (exact) mass is 466 g/mol.